The molecule has 2 N–H and O–H groups in total. The standard InChI is InChI=1S/C13H21N4O6P/c1-9(23-24(20,21)22)6-4-5-7-17-12(18)10-11(14-8-15(10)2)16(3)13(17)19/h8-9H,4-7H2,1-3H3,(H2,20,21,22)/t9-/m1/s1. The van der Waals surface area contributed by atoms with Crippen LogP contribution < -0.4 is 11.2 Å². The Kier molecular flexibility index (Phi) is 5.44. The van der Waals surface area contributed by atoms with E-state index in [-0.39, 0.29) is 6.54 Å². The van der Waals surface area contributed by atoms with E-state index in [4.69, 9.17) is 9.79 Å². The van der Waals surface area contributed by atoms with Gasteiger partial charge < -0.3 is 14.4 Å². The van der Waals surface area contributed by atoms with Gasteiger partial charge in [0.2, 0.25) is 0 Å². The lowest BCUT2D eigenvalue weighted by molar-refractivity contribution is 0.136. The molecule has 2 aromatic heterocycles. The number of imidazole rings is 1. The van der Waals surface area contributed by atoms with Crippen LogP contribution >= 0.6 is 7.82 Å². The molecule has 11 heteroatoms. The molecule has 2 heterocycles. The summed E-state index contributed by atoms with van der Waals surface area (Å²) in [4.78, 5) is 46.2. The molecule has 0 aromatic carbocycles. The average molecular weight is 360 g/mol. The van der Waals surface area contributed by atoms with Crippen LogP contribution in [0.15, 0.2) is 15.9 Å². The third kappa shape index (κ3) is 4.02. The zero-order valence-electron chi connectivity index (χ0n) is 13.7. The molecule has 0 aliphatic rings. The van der Waals surface area contributed by atoms with Crippen molar-refractivity contribution in [1.82, 2.24) is 18.7 Å². The number of aromatic nitrogens is 4. The van der Waals surface area contributed by atoms with Gasteiger partial charge in [-0.1, -0.05) is 0 Å². The van der Waals surface area contributed by atoms with E-state index in [1.54, 1.807) is 25.6 Å². The quantitative estimate of drug-likeness (QED) is 0.529. The van der Waals surface area contributed by atoms with Crippen molar-refractivity contribution in [3.8, 4) is 0 Å². The van der Waals surface area contributed by atoms with Crippen LogP contribution in [0.1, 0.15) is 26.2 Å². The summed E-state index contributed by atoms with van der Waals surface area (Å²) in [5.74, 6) is 0. The van der Waals surface area contributed by atoms with Crippen molar-refractivity contribution in [2.24, 2.45) is 14.1 Å². The summed E-state index contributed by atoms with van der Waals surface area (Å²) < 4.78 is 19.3. The number of hydrogen-bond donors (Lipinski definition) is 2. The van der Waals surface area contributed by atoms with Crippen LogP contribution in [0.2, 0.25) is 0 Å². The molecule has 2 aromatic rings. The van der Waals surface area contributed by atoms with Gasteiger partial charge in [0, 0.05) is 20.6 Å². The average Bonchev–Trinajstić information content (AvgIpc) is 2.84. The summed E-state index contributed by atoms with van der Waals surface area (Å²) in [7, 11) is -1.25. The second kappa shape index (κ2) is 7.02. The topological polar surface area (TPSA) is 129 Å². The van der Waals surface area contributed by atoms with E-state index in [0.29, 0.717) is 30.4 Å². The fourth-order valence-corrected chi connectivity index (χ4v) is 3.16. The number of fused-ring (bicyclic) bond motifs is 1. The van der Waals surface area contributed by atoms with Crippen molar-refractivity contribution >= 4 is 19.0 Å². The molecule has 0 fully saturated rings. The fraction of sp³-hybridized carbons (Fsp3) is 0.615. The van der Waals surface area contributed by atoms with Crippen molar-refractivity contribution in [2.45, 2.75) is 38.8 Å². The summed E-state index contributed by atoms with van der Waals surface area (Å²) in [6, 6.07) is 0. The molecule has 0 unspecified atom stereocenters. The number of hydrogen-bond acceptors (Lipinski definition) is 5. The maximum Gasteiger partial charge on any atom is 0.469 e. The molecule has 1 atom stereocenters. The summed E-state index contributed by atoms with van der Waals surface area (Å²) in [5, 5.41) is 0. The Labute approximate surface area is 137 Å². The zero-order valence-corrected chi connectivity index (χ0v) is 14.6. The van der Waals surface area contributed by atoms with Crippen LogP contribution in [0.3, 0.4) is 0 Å². The van der Waals surface area contributed by atoms with Crippen molar-refractivity contribution < 1.29 is 18.9 Å². The summed E-state index contributed by atoms with van der Waals surface area (Å²) in [5.41, 5.74) is -0.138. The highest BCUT2D eigenvalue weighted by Crippen LogP contribution is 2.38. The van der Waals surface area contributed by atoms with Gasteiger partial charge in [0.25, 0.3) is 5.56 Å². The van der Waals surface area contributed by atoms with Crippen molar-refractivity contribution in [3.63, 3.8) is 0 Å². The number of phosphoric acid groups is 1. The summed E-state index contributed by atoms with van der Waals surface area (Å²) in [6.07, 6.45) is 2.35. The number of aryl methyl sites for hydroxylation is 2. The first-order chi connectivity index (χ1) is 11.1. The predicted molar refractivity (Wildman–Crippen MR) is 86.7 cm³/mol. The van der Waals surface area contributed by atoms with E-state index in [1.807, 2.05) is 0 Å². The summed E-state index contributed by atoms with van der Waals surface area (Å²) >= 11 is 0. The second-order valence-corrected chi connectivity index (χ2v) is 6.92. The minimum Gasteiger partial charge on any atom is -0.328 e. The predicted octanol–water partition coefficient (Wildman–Crippen LogP) is 0.102. The van der Waals surface area contributed by atoms with E-state index in [2.05, 4.69) is 9.51 Å². The maximum absolute atomic E-state index is 12.5. The van der Waals surface area contributed by atoms with Gasteiger partial charge in [0.1, 0.15) is 0 Å². The van der Waals surface area contributed by atoms with Gasteiger partial charge in [0.05, 0.1) is 12.4 Å². The Balaban J connectivity index is 2.09. The van der Waals surface area contributed by atoms with Gasteiger partial charge in [-0.25, -0.2) is 14.3 Å². The first-order valence-electron chi connectivity index (χ1n) is 7.46. The fourth-order valence-electron chi connectivity index (χ4n) is 2.58. The largest absolute Gasteiger partial charge is 0.469 e. The minimum absolute atomic E-state index is 0.218. The molecule has 0 saturated heterocycles. The molecule has 2 rings (SSSR count). The Hall–Kier alpha value is -1.74. The molecule has 0 amide bonds. The molecule has 10 nitrogen and oxygen atoms in total. The summed E-state index contributed by atoms with van der Waals surface area (Å²) in [6.45, 7) is 1.78. The van der Waals surface area contributed by atoms with Gasteiger partial charge >= 0.3 is 13.5 Å². The maximum atomic E-state index is 12.5. The molecule has 0 spiro atoms. The Bertz CT molecular complexity index is 892. The highest BCUT2D eigenvalue weighted by molar-refractivity contribution is 7.46. The second-order valence-electron chi connectivity index (χ2n) is 5.73. The molecular weight excluding hydrogens is 339 g/mol. The smallest absolute Gasteiger partial charge is 0.328 e. The molecule has 24 heavy (non-hydrogen) atoms. The van der Waals surface area contributed by atoms with Gasteiger partial charge in [-0.2, -0.15) is 0 Å². The van der Waals surface area contributed by atoms with E-state index in [9.17, 15) is 14.2 Å². The van der Waals surface area contributed by atoms with Crippen LogP contribution in [-0.4, -0.2) is 34.6 Å². The highest BCUT2D eigenvalue weighted by Gasteiger charge is 2.19. The molecule has 0 saturated carbocycles. The monoisotopic (exact) mass is 360 g/mol. The first kappa shape index (κ1) is 18.6. The molecule has 0 bridgehead atoms. The van der Waals surface area contributed by atoms with E-state index in [1.165, 1.54) is 10.9 Å². The molecule has 0 radical (unpaired) electrons. The molecular formula is C13H21N4O6P. The van der Waals surface area contributed by atoms with Crippen LogP contribution in [0.4, 0.5) is 0 Å². The molecule has 0 aliphatic heterocycles. The number of nitrogens with zero attached hydrogens (tertiary/aromatic N) is 4. The van der Waals surface area contributed by atoms with Crippen LogP contribution in [-0.2, 0) is 29.7 Å². The lowest BCUT2D eigenvalue weighted by Crippen LogP contribution is -2.39. The third-order valence-corrected chi connectivity index (χ3v) is 4.40. The van der Waals surface area contributed by atoms with E-state index >= 15 is 0 Å². The van der Waals surface area contributed by atoms with Gasteiger partial charge in [-0.05, 0) is 26.2 Å². The van der Waals surface area contributed by atoms with Gasteiger partial charge in [0.15, 0.2) is 11.2 Å². The van der Waals surface area contributed by atoms with Crippen molar-refractivity contribution in [1.29, 1.82) is 0 Å². The number of phosphoric ester groups is 1. The van der Waals surface area contributed by atoms with Crippen molar-refractivity contribution in [3.05, 3.63) is 27.2 Å². The van der Waals surface area contributed by atoms with Crippen LogP contribution in [0.5, 0.6) is 0 Å². The third-order valence-electron chi connectivity index (χ3n) is 3.76. The number of unbranched alkanes of at least 4 members (excludes halogenated alkanes) is 1. The normalized spacial score (nSPS) is 13.5. The minimum atomic E-state index is -4.49. The van der Waals surface area contributed by atoms with E-state index in [0.717, 1.165) is 4.57 Å². The molecule has 134 valence electrons. The number of rotatable bonds is 7. The highest BCUT2D eigenvalue weighted by atomic mass is 31.2. The molecule has 0 aliphatic carbocycles. The lowest BCUT2D eigenvalue weighted by atomic mass is 10.2. The Morgan fingerprint density at radius 2 is 1.96 bits per heavy atom. The SMILES string of the molecule is C[C@H](CCCCn1c(=O)c2c(ncn2C)n(C)c1=O)OP(=O)(O)O. The van der Waals surface area contributed by atoms with Crippen molar-refractivity contribution in [2.75, 3.05) is 0 Å². The lowest BCUT2D eigenvalue weighted by Gasteiger charge is -2.13. The van der Waals surface area contributed by atoms with Gasteiger partial charge in [-0.3, -0.25) is 18.5 Å². The Morgan fingerprint density at radius 1 is 1.29 bits per heavy atom. The zero-order chi connectivity index (χ0) is 18.1. The Morgan fingerprint density at radius 3 is 2.58 bits per heavy atom. The first-order valence-corrected chi connectivity index (χ1v) is 8.99. The van der Waals surface area contributed by atoms with E-state index < -0.39 is 25.2 Å². The van der Waals surface area contributed by atoms with Gasteiger partial charge in [-0.15, -0.1) is 0 Å². The van der Waals surface area contributed by atoms with Crippen LogP contribution in [0, 0.1) is 0 Å². The van der Waals surface area contributed by atoms with Crippen LogP contribution in [0.25, 0.3) is 11.2 Å².